The molecular weight excluding hydrogens is 321 g/mol. The molecule has 1 fully saturated rings. The van der Waals surface area contributed by atoms with Crippen molar-refractivity contribution in [3.05, 3.63) is 0 Å². The van der Waals surface area contributed by atoms with Crippen molar-refractivity contribution in [2.24, 2.45) is 17.1 Å². The van der Waals surface area contributed by atoms with Crippen LogP contribution >= 0.6 is 24.8 Å². The van der Waals surface area contributed by atoms with Crippen LogP contribution in [0.5, 0.6) is 0 Å². The normalized spacial score (nSPS) is 26.6. The minimum atomic E-state index is -0.353. The standard InChI is InChI=1S/C16H33N3O.2ClH/c1-12(15(2,3)11-19(5)6)18-14(20)13-9-7-8-10-16(13,4)17;;/h12-13H,7-11,17H2,1-6H3,(H,18,20);2*1H. The van der Waals surface area contributed by atoms with Crippen LogP contribution in [0.3, 0.4) is 0 Å². The average molecular weight is 356 g/mol. The van der Waals surface area contributed by atoms with Crippen molar-refractivity contribution >= 4 is 30.7 Å². The molecule has 0 bridgehead atoms. The summed E-state index contributed by atoms with van der Waals surface area (Å²) in [6.07, 6.45) is 4.11. The molecule has 0 aromatic heterocycles. The van der Waals surface area contributed by atoms with E-state index in [2.05, 4.69) is 45.1 Å². The lowest BCUT2D eigenvalue weighted by atomic mass is 9.73. The van der Waals surface area contributed by atoms with Gasteiger partial charge < -0.3 is 16.0 Å². The van der Waals surface area contributed by atoms with Crippen molar-refractivity contribution in [2.75, 3.05) is 20.6 Å². The molecule has 1 amide bonds. The topological polar surface area (TPSA) is 58.4 Å². The van der Waals surface area contributed by atoms with Gasteiger partial charge in [-0.05, 0) is 46.2 Å². The molecule has 134 valence electrons. The average Bonchev–Trinajstić information content (AvgIpc) is 2.26. The van der Waals surface area contributed by atoms with E-state index in [4.69, 9.17) is 5.73 Å². The molecule has 0 aliphatic heterocycles. The summed E-state index contributed by atoms with van der Waals surface area (Å²) >= 11 is 0. The zero-order valence-corrected chi connectivity index (χ0v) is 16.6. The molecule has 22 heavy (non-hydrogen) atoms. The molecule has 0 aromatic rings. The molecule has 3 atom stereocenters. The number of hydrogen-bond acceptors (Lipinski definition) is 3. The van der Waals surface area contributed by atoms with Gasteiger partial charge in [0.05, 0.1) is 5.92 Å². The van der Waals surface area contributed by atoms with Crippen molar-refractivity contribution in [3.8, 4) is 0 Å². The zero-order valence-electron chi connectivity index (χ0n) is 14.9. The van der Waals surface area contributed by atoms with Crippen LogP contribution in [-0.4, -0.2) is 43.0 Å². The van der Waals surface area contributed by atoms with E-state index < -0.39 is 0 Å². The molecular formula is C16H35Cl2N3O. The van der Waals surface area contributed by atoms with Gasteiger partial charge >= 0.3 is 0 Å². The Hall–Kier alpha value is -0.0300. The fourth-order valence-electron chi connectivity index (χ4n) is 3.25. The molecule has 0 saturated heterocycles. The van der Waals surface area contributed by atoms with E-state index in [9.17, 15) is 4.79 Å². The largest absolute Gasteiger partial charge is 0.353 e. The van der Waals surface area contributed by atoms with Crippen LogP contribution in [-0.2, 0) is 4.79 Å². The van der Waals surface area contributed by atoms with Gasteiger partial charge in [-0.1, -0.05) is 26.7 Å². The fraction of sp³-hybridized carbons (Fsp3) is 0.938. The highest BCUT2D eigenvalue weighted by molar-refractivity contribution is 5.85. The van der Waals surface area contributed by atoms with Gasteiger partial charge in [0, 0.05) is 18.1 Å². The van der Waals surface area contributed by atoms with E-state index in [1.807, 2.05) is 6.92 Å². The van der Waals surface area contributed by atoms with Crippen LogP contribution in [0.15, 0.2) is 0 Å². The number of carbonyl (C=O) groups is 1. The molecule has 3 unspecified atom stereocenters. The molecule has 0 heterocycles. The molecule has 1 saturated carbocycles. The van der Waals surface area contributed by atoms with E-state index in [-0.39, 0.29) is 53.6 Å². The van der Waals surface area contributed by atoms with E-state index in [0.29, 0.717) is 0 Å². The van der Waals surface area contributed by atoms with Crippen LogP contribution in [0.25, 0.3) is 0 Å². The van der Waals surface area contributed by atoms with Crippen LogP contribution < -0.4 is 11.1 Å². The van der Waals surface area contributed by atoms with E-state index in [1.165, 1.54) is 0 Å². The first-order valence-corrected chi connectivity index (χ1v) is 7.80. The predicted octanol–water partition coefficient (Wildman–Crippen LogP) is 2.83. The van der Waals surface area contributed by atoms with E-state index in [1.54, 1.807) is 0 Å². The Kier molecular flexibility index (Phi) is 10.3. The first-order chi connectivity index (χ1) is 9.06. The molecule has 1 rings (SSSR count). The van der Waals surface area contributed by atoms with E-state index in [0.717, 1.165) is 32.2 Å². The van der Waals surface area contributed by atoms with Gasteiger partial charge in [0.2, 0.25) is 5.91 Å². The quantitative estimate of drug-likeness (QED) is 0.796. The molecule has 1 aliphatic carbocycles. The van der Waals surface area contributed by atoms with Gasteiger partial charge in [0.15, 0.2) is 0 Å². The zero-order chi connectivity index (χ0) is 15.6. The number of carbonyl (C=O) groups excluding carboxylic acids is 1. The maximum absolute atomic E-state index is 12.6. The third-order valence-corrected chi connectivity index (χ3v) is 4.83. The number of nitrogens with two attached hydrogens (primary N) is 1. The first-order valence-electron chi connectivity index (χ1n) is 7.80. The minimum absolute atomic E-state index is 0. The molecule has 0 spiro atoms. The van der Waals surface area contributed by atoms with Crippen LogP contribution in [0, 0.1) is 11.3 Å². The lowest BCUT2D eigenvalue weighted by molar-refractivity contribution is -0.129. The van der Waals surface area contributed by atoms with E-state index >= 15 is 0 Å². The summed E-state index contributed by atoms with van der Waals surface area (Å²) < 4.78 is 0. The SMILES string of the molecule is CC(NC(=O)C1CCCCC1(C)N)C(C)(C)CN(C)C.Cl.Cl. The highest BCUT2D eigenvalue weighted by atomic mass is 35.5. The molecule has 4 nitrogen and oxygen atoms in total. The first kappa shape index (κ1) is 24.2. The van der Waals surface area contributed by atoms with Crippen molar-refractivity contribution in [2.45, 2.75) is 65.0 Å². The van der Waals surface area contributed by atoms with Gasteiger partial charge in [-0.3, -0.25) is 4.79 Å². The Morgan fingerprint density at radius 3 is 2.36 bits per heavy atom. The number of rotatable bonds is 5. The number of amides is 1. The van der Waals surface area contributed by atoms with Crippen molar-refractivity contribution in [1.82, 2.24) is 10.2 Å². The molecule has 0 aromatic carbocycles. The molecule has 6 heteroatoms. The van der Waals surface area contributed by atoms with Gasteiger partial charge in [0.1, 0.15) is 0 Å². The summed E-state index contributed by atoms with van der Waals surface area (Å²) in [5, 5.41) is 3.21. The third kappa shape index (κ3) is 6.61. The second-order valence-electron chi connectivity index (χ2n) is 7.76. The summed E-state index contributed by atoms with van der Waals surface area (Å²) in [5.41, 5.74) is 6.01. The molecule has 1 aliphatic rings. The highest BCUT2D eigenvalue weighted by Gasteiger charge is 2.39. The lowest BCUT2D eigenvalue weighted by Gasteiger charge is -2.40. The maximum atomic E-state index is 12.6. The number of halogens is 2. The Balaban J connectivity index is 0. The van der Waals surface area contributed by atoms with Gasteiger partial charge in [-0.25, -0.2) is 0 Å². The minimum Gasteiger partial charge on any atom is -0.353 e. The highest BCUT2D eigenvalue weighted by Crippen LogP contribution is 2.32. The number of hydrogen-bond donors (Lipinski definition) is 2. The Morgan fingerprint density at radius 1 is 1.36 bits per heavy atom. The second-order valence-corrected chi connectivity index (χ2v) is 7.76. The summed E-state index contributed by atoms with van der Waals surface area (Å²) in [7, 11) is 4.13. The molecule has 0 radical (unpaired) electrons. The Bertz CT molecular complexity index is 346. The summed E-state index contributed by atoms with van der Waals surface area (Å²) in [5.74, 6) is 0.0860. The van der Waals surface area contributed by atoms with Gasteiger partial charge in [-0.15, -0.1) is 24.8 Å². The predicted molar refractivity (Wildman–Crippen MR) is 99.0 cm³/mol. The summed E-state index contributed by atoms with van der Waals surface area (Å²) in [6.45, 7) is 9.45. The fourth-order valence-corrected chi connectivity index (χ4v) is 3.25. The van der Waals surface area contributed by atoms with Crippen molar-refractivity contribution < 1.29 is 4.79 Å². The smallest absolute Gasteiger partial charge is 0.225 e. The van der Waals surface area contributed by atoms with Gasteiger partial charge in [-0.2, -0.15) is 0 Å². The van der Waals surface area contributed by atoms with Crippen LogP contribution in [0.1, 0.15) is 53.4 Å². The monoisotopic (exact) mass is 355 g/mol. The summed E-state index contributed by atoms with van der Waals surface area (Å²) in [6, 6.07) is 0.134. The van der Waals surface area contributed by atoms with Gasteiger partial charge in [0.25, 0.3) is 0 Å². The van der Waals surface area contributed by atoms with Crippen molar-refractivity contribution in [1.29, 1.82) is 0 Å². The Morgan fingerprint density at radius 2 is 1.91 bits per heavy atom. The third-order valence-electron chi connectivity index (χ3n) is 4.83. The lowest BCUT2D eigenvalue weighted by Crippen LogP contribution is -2.56. The second kappa shape index (κ2) is 9.31. The maximum Gasteiger partial charge on any atom is 0.225 e. The van der Waals surface area contributed by atoms with Crippen LogP contribution in [0.2, 0.25) is 0 Å². The number of nitrogens with one attached hydrogen (secondary N) is 1. The summed E-state index contributed by atoms with van der Waals surface area (Å²) in [4.78, 5) is 14.7. The van der Waals surface area contributed by atoms with Crippen LogP contribution in [0.4, 0.5) is 0 Å². The molecule has 3 N–H and O–H groups in total. The number of nitrogens with zero attached hydrogens (tertiary/aromatic N) is 1. The van der Waals surface area contributed by atoms with Crippen molar-refractivity contribution in [3.63, 3.8) is 0 Å². The Labute approximate surface area is 148 Å².